The summed E-state index contributed by atoms with van der Waals surface area (Å²) in [5.41, 5.74) is 0.896. The van der Waals surface area contributed by atoms with Crippen LogP contribution in [0.4, 0.5) is 0 Å². The van der Waals surface area contributed by atoms with Gasteiger partial charge in [0.15, 0.2) is 11.5 Å². The first-order valence-corrected chi connectivity index (χ1v) is 7.28. The van der Waals surface area contributed by atoms with Crippen LogP contribution in [0.15, 0.2) is 18.2 Å². The molecule has 2 aliphatic rings. The average molecular weight is 278 g/mol. The molecule has 2 aliphatic heterocycles. The van der Waals surface area contributed by atoms with Crippen LogP contribution in [0.3, 0.4) is 0 Å². The van der Waals surface area contributed by atoms with E-state index in [0.29, 0.717) is 6.54 Å². The zero-order valence-electron chi connectivity index (χ0n) is 11.9. The molecule has 1 N–H and O–H groups in total. The first kappa shape index (κ1) is 13.7. The van der Waals surface area contributed by atoms with Gasteiger partial charge in [0, 0.05) is 32.7 Å². The van der Waals surface area contributed by atoms with Gasteiger partial charge in [-0.2, -0.15) is 0 Å². The molecule has 1 aromatic rings. The molecule has 1 saturated heterocycles. The molecule has 3 rings (SSSR count). The Balaban J connectivity index is 1.58. The van der Waals surface area contributed by atoms with E-state index < -0.39 is 6.10 Å². The lowest BCUT2D eigenvalue weighted by Gasteiger charge is -2.35. The number of hydrogen-bond acceptors (Lipinski definition) is 5. The Labute approximate surface area is 119 Å². The maximum atomic E-state index is 10.4. The van der Waals surface area contributed by atoms with Crippen LogP contribution < -0.4 is 9.47 Å². The Hall–Kier alpha value is -1.30. The van der Waals surface area contributed by atoms with E-state index >= 15 is 0 Å². The second-order valence-corrected chi connectivity index (χ2v) is 5.36. The first-order chi connectivity index (χ1) is 9.76. The van der Waals surface area contributed by atoms with E-state index in [-0.39, 0.29) is 6.79 Å². The summed E-state index contributed by atoms with van der Waals surface area (Å²) in [5, 5.41) is 10.4. The summed E-state index contributed by atoms with van der Waals surface area (Å²) in [4.78, 5) is 4.75. The quantitative estimate of drug-likeness (QED) is 0.893. The highest BCUT2D eigenvalue weighted by Crippen LogP contribution is 2.34. The number of aliphatic hydroxyl groups excluding tert-OH is 1. The molecule has 0 radical (unpaired) electrons. The number of aliphatic hydroxyl groups is 1. The molecule has 5 nitrogen and oxygen atoms in total. The fourth-order valence-corrected chi connectivity index (χ4v) is 2.76. The summed E-state index contributed by atoms with van der Waals surface area (Å²) in [7, 11) is 0. The minimum Gasteiger partial charge on any atom is -0.454 e. The van der Waals surface area contributed by atoms with Crippen molar-refractivity contribution in [3.63, 3.8) is 0 Å². The van der Waals surface area contributed by atoms with Crippen molar-refractivity contribution in [2.75, 3.05) is 46.1 Å². The molecule has 1 aromatic carbocycles. The second kappa shape index (κ2) is 5.99. The Morgan fingerprint density at radius 3 is 2.55 bits per heavy atom. The highest BCUT2D eigenvalue weighted by atomic mass is 16.7. The summed E-state index contributed by atoms with van der Waals surface area (Å²) in [6.45, 7) is 8.47. The van der Waals surface area contributed by atoms with Crippen LogP contribution in [-0.4, -0.2) is 61.0 Å². The molecule has 0 saturated carbocycles. The van der Waals surface area contributed by atoms with E-state index in [0.717, 1.165) is 49.8 Å². The Bertz CT molecular complexity index is 458. The lowest BCUT2D eigenvalue weighted by atomic mass is 10.1. The number of benzene rings is 1. The van der Waals surface area contributed by atoms with Gasteiger partial charge in [0.25, 0.3) is 0 Å². The summed E-state index contributed by atoms with van der Waals surface area (Å²) in [5.74, 6) is 1.50. The van der Waals surface area contributed by atoms with Crippen molar-refractivity contribution < 1.29 is 14.6 Å². The van der Waals surface area contributed by atoms with Crippen molar-refractivity contribution in [1.29, 1.82) is 0 Å². The smallest absolute Gasteiger partial charge is 0.231 e. The number of β-amino-alcohol motifs (C(OH)–C–C–N with tert-alkyl or cyclic N) is 1. The normalized spacial score (nSPS) is 21.1. The molecule has 0 spiro atoms. The molecule has 0 bridgehead atoms. The minimum absolute atomic E-state index is 0.272. The summed E-state index contributed by atoms with van der Waals surface area (Å²) in [6, 6.07) is 5.67. The fraction of sp³-hybridized carbons (Fsp3) is 0.600. The van der Waals surface area contributed by atoms with Crippen LogP contribution in [0.25, 0.3) is 0 Å². The maximum absolute atomic E-state index is 10.4. The molecule has 1 unspecified atom stereocenters. The topological polar surface area (TPSA) is 45.2 Å². The van der Waals surface area contributed by atoms with Crippen LogP contribution in [0.1, 0.15) is 18.6 Å². The number of ether oxygens (including phenoxy) is 2. The van der Waals surface area contributed by atoms with Crippen molar-refractivity contribution in [3.8, 4) is 11.5 Å². The molecule has 1 fully saturated rings. The van der Waals surface area contributed by atoms with Gasteiger partial charge < -0.3 is 19.5 Å². The van der Waals surface area contributed by atoms with Crippen molar-refractivity contribution in [2.45, 2.75) is 13.0 Å². The number of rotatable bonds is 4. The first-order valence-electron chi connectivity index (χ1n) is 7.28. The van der Waals surface area contributed by atoms with E-state index in [2.05, 4.69) is 16.7 Å². The zero-order valence-corrected chi connectivity index (χ0v) is 11.9. The SMILES string of the molecule is CCN1CCN(CC(O)c2ccc3c(c2)OCO3)CC1. The number of piperazine rings is 1. The Morgan fingerprint density at radius 1 is 1.10 bits per heavy atom. The fourth-order valence-electron chi connectivity index (χ4n) is 2.76. The van der Waals surface area contributed by atoms with E-state index in [1.54, 1.807) is 0 Å². The lowest BCUT2D eigenvalue weighted by Crippen LogP contribution is -2.47. The predicted molar refractivity (Wildman–Crippen MR) is 76.1 cm³/mol. The third-order valence-corrected chi connectivity index (χ3v) is 4.12. The molecular formula is C15H22N2O3. The Kier molecular flexibility index (Phi) is 4.10. The molecule has 1 atom stereocenters. The van der Waals surface area contributed by atoms with Gasteiger partial charge in [0.2, 0.25) is 6.79 Å². The maximum Gasteiger partial charge on any atom is 0.231 e. The van der Waals surface area contributed by atoms with Crippen molar-refractivity contribution in [3.05, 3.63) is 23.8 Å². The van der Waals surface area contributed by atoms with Gasteiger partial charge in [-0.05, 0) is 24.2 Å². The van der Waals surface area contributed by atoms with Crippen molar-refractivity contribution in [1.82, 2.24) is 9.80 Å². The molecule has 0 aliphatic carbocycles. The molecule has 0 aromatic heterocycles. The largest absolute Gasteiger partial charge is 0.454 e. The monoisotopic (exact) mass is 278 g/mol. The van der Waals surface area contributed by atoms with Crippen LogP contribution in [0.5, 0.6) is 11.5 Å². The second-order valence-electron chi connectivity index (χ2n) is 5.36. The van der Waals surface area contributed by atoms with Gasteiger partial charge in [0.05, 0.1) is 6.10 Å². The van der Waals surface area contributed by atoms with Crippen LogP contribution in [-0.2, 0) is 0 Å². The summed E-state index contributed by atoms with van der Waals surface area (Å²) >= 11 is 0. The van der Waals surface area contributed by atoms with Gasteiger partial charge in [-0.3, -0.25) is 4.90 Å². The molecule has 20 heavy (non-hydrogen) atoms. The number of likely N-dealkylation sites (N-methyl/N-ethyl adjacent to an activating group) is 1. The molecule has 2 heterocycles. The minimum atomic E-state index is -0.474. The van der Waals surface area contributed by atoms with Crippen LogP contribution in [0.2, 0.25) is 0 Å². The highest BCUT2D eigenvalue weighted by molar-refractivity contribution is 5.45. The van der Waals surface area contributed by atoms with Gasteiger partial charge in [0.1, 0.15) is 0 Å². The van der Waals surface area contributed by atoms with Gasteiger partial charge >= 0.3 is 0 Å². The number of hydrogen-bond donors (Lipinski definition) is 1. The summed E-state index contributed by atoms with van der Waals surface area (Å²) < 4.78 is 10.6. The van der Waals surface area contributed by atoms with Gasteiger partial charge in [-0.25, -0.2) is 0 Å². The molecular weight excluding hydrogens is 256 g/mol. The van der Waals surface area contributed by atoms with E-state index in [9.17, 15) is 5.11 Å². The van der Waals surface area contributed by atoms with E-state index in [4.69, 9.17) is 9.47 Å². The lowest BCUT2D eigenvalue weighted by molar-refractivity contribution is 0.0743. The average Bonchev–Trinajstić information content (AvgIpc) is 2.95. The highest BCUT2D eigenvalue weighted by Gasteiger charge is 2.21. The third kappa shape index (κ3) is 2.90. The van der Waals surface area contributed by atoms with Crippen molar-refractivity contribution in [2.24, 2.45) is 0 Å². The van der Waals surface area contributed by atoms with Gasteiger partial charge in [-0.15, -0.1) is 0 Å². The molecule has 0 amide bonds. The number of nitrogens with zero attached hydrogens (tertiary/aromatic N) is 2. The van der Waals surface area contributed by atoms with E-state index in [1.165, 1.54) is 0 Å². The summed E-state index contributed by atoms with van der Waals surface area (Å²) in [6.07, 6.45) is -0.474. The van der Waals surface area contributed by atoms with Gasteiger partial charge in [-0.1, -0.05) is 13.0 Å². The Morgan fingerprint density at radius 2 is 1.80 bits per heavy atom. The standard InChI is InChI=1S/C15H22N2O3/c1-2-16-5-7-17(8-6-16)10-13(18)12-3-4-14-15(9-12)20-11-19-14/h3-4,9,13,18H,2,5-8,10-11H2,1H3. The third-order valence-electron chi connectivity index (χ3n) is 4.12. The molecule has 110 valence electrons. The van der Waals surface area contributed by atoms with Crippen LogP contribution in [0, 0.1) is 0 Å². The van der Waals surface area contributed by atoms with E-state index in [1.807, 2.05) is 18.2 Å². The number of fused-ring (bicyclic) bond motifs is 1. The zero-order chi connectivity index (χ0) is 13.9. The van der Waals surface area contributed by atoms with Crippen molar-refractivity contribution >= 4 is 0 Å². The molecule has 5 heteroatoms. The van der Waals surface area contributed by atoms with Crippen LogP contribution >= 0.6 is 0 Å². The predicted octanol–water partition coefficient (Wildman–Crippen LogP) is 1.09.